The van der Waals surface area contributed by atoms with Gasteiger partial charge >= 0.3 is 0 Å². The first-order valence-corrected chi connectivity index (χ1v) is 7.97. The van der Waals surface area contributed by atoms with Gasteiger partial charge in [-0.2, -0.15) is 0 Å². The van der Waals surface area contributed by atoms with Crippen LogP contribution in [0.5, 0.6) is 0 Å². The number of hydrogen-bond donors (Lipinski definition) is 1. The Kier molecular flexibility index (Phi) is 6.46. The maximum absolute atomic E-state index is 13.0. The molecule has 118 valence electrons. The zero-order valence-corrected chi connectivity index (χ0v) is 14.2. The number of piperidine rings is 1. The Morgan fingerprint density at radius 3 is 2.50 bits per heavy atom. The van der Waals surface area contributed by atoms with E-state index >= 15 is 0 Å². The number of nitrogens with one attached hydrogen (secondary N) is 1. The number of carbonyl (C=O) groups is 1. The molecule has 0 aliphatic carbocycles. The van der Waals surface area contributed by atoms with Gasteiger partial charge in [-0.25, -0.2) is 0 Å². The van der Waals surface area contributed by atoms with Crippen molar-refractivity contribution in [2.45, 2.75) is 46.6 Å². The van der Waals surface area contributed by atoms with Crippen LogP contribution in [0.1, 0.15) is 40.5 Å². The third kappa shape index (κ3) is 4.19. The Morgan fingerprint density at radius 2 is 2.05 bits per heavy atom. The summed E-state index contributed by atoms with van der Waals surface area (Å²) >= 11 is 0. The molecular weight excluding hydrogens is 250 g/mol. The predicted molar refractivity (Wildman–Crippen MR) is 84.8 cm³/mol. The molecule has 0 aromatic carbocycles. The van der Waals surface area contributed by atoms with Gasteiger partial charge in [-0.05, 0) is 59.8 Å². The molecule has 1 heterocycles. The Balaban J connectivity index is 2.77. The molecule has 4 nitrogen and oxygen atoms in total. The number of hydrogen-bond acceptors (Lipinski definition) is 3. The molecule has 0 spiro atoms. The van der Waals surface area contributed by atoms with Gasteiger partial charge in [0, 0.05) is 24.5 Å². The molecule has 1 fully saturated rings. The predicted octanol–water partition coefficient (Wildman–Crippen LogP) is 1.81. The molecule has 0 aromatic heterocycles. The van der Waals surface area contributed by atoms with Crippen molar-refractivity contribution < 1.29 is 4.79 Å². The van der Waals surface area contributed by atoms with Crippen LogP contribution in [0.25, 0.3) is 0 Å². The fourth-order valence-corrected chi connectivity index (χ4v) is 3.30. The van der Waals surface area contributed by atoms with Crippen LogP contribution >= 0.6 is 0 Å². The highest BCUT2D eigenvalue weighted by atomic mass is 16.2. The number of nitrogens with zero attached hydrogens (tertiary/aromatic N) is 2. The highest BCUT2D eigenvalue weighted by molar-refractivity contribution is 5.82. The molecule has 1 amide bonds. The maximum atomic E-state index is 13.0. The lowest BCUT2D eigenvalue weighted by atomic mass is 9.73. The minimum Gasteiger partial charge on any atom is -0.339 e. The van der Waals surface area contributed by atoms with Gasteiger partial charge in [0.15, 0.2) is 0 Å². The van der Waals surface area contributed by atoms with Gasteiger partial charge in [0.2, 0.25) is 5.91 Å². The van der Waals surface area contributed by atoms with E-state index in [-0.39, 0.29) is 11.5 Å². The summed E-state index contributed by atoms with van der Waals surface area (Å²) in [7, 11) is 4.12. The van der Waals surface area contributed by atoms with E-state index in [4.69, 9.17) is 0 Å². The first-order chi connectivity index (χ1) is 9.30. The minimum absolute atomic E-state index is 0.262. The van der Waals surface area contributed by atoms with Crippen LogP contribution in [0.4, 0.5) is 0 Å². The average molecular weight is 283 g/mol. The van der Waals surface area contributed by atoms with E-state index in [2.05, 4.69) is 56.9 Å². The second-order valence-electron chi connectivity index (χ2n) is 6.97. The fourth-order valence-electron chi connectivity index (χ4n) is 3.30. The Hall–Kier alpha value is -0.610. The molecule has 0 radical (unpaired) electrons. The van der Waals surface area contributed by atoms with E-state index in [0.29, 0.717) is 11.8 Å². The van der Waals surface area contributed by atoms with Gasteiger partial charge in [0.1, 0.15) is 0 Å². The van der Waals surface area contributed by atoms with Gasteiger partial charge in [-0.15, -0.1) is 0 Å². The lowest BCUT2D eigenvalue weighted by molar-refractivity contribution is -0.146. The molecule has 1 aliphatic heterocycles. The topological polar surface area (TPSA) is 35.6 Å². The highest BCUT2D eigenvalue weighted by Gasteiger charge is 2.40. The lowest BCUT2D eigenvalue weighted by Gasteiger charge is -2.41. The first kappa shape index (κ1) is 17.4. The van der Waals surface area contributed by atoms with Crippen LogP contribution in [0.3, 0.4) is 0 Å². The van der Waals surface area contributed by atoms with Crippen LogP contribution in [-0.4, -0.2) is 62.0 Å². The summed E-state index contributed by atoms with van der Waals surface area (Å²) < 4.78 is 0. The van der Waals surface area contributed by atoms with Crippen molar-refractivity contribution in [3.63, 3.8) is 0 Å². The lowest BCUT2D eigenvalue weighted by Crippen LogP contribution is -2.53. The van der Waals surface area contributed by atoms with Crippen LogP contribution in [0, 0.1) is 11.3 Å². The van der Waals surface area contributed by atoms with Crippen molar-refractivity contribution in [3.8, 4) is 0 Å². The van der Waals surface area contributed by atoms with E-state index in [1.807, 2.05) is 0 Å². The van der Waals surface area contributed by atoms with Crippen LogP contribution < -0.4 is 5.32 Å². The fraction of sp³-hybridized carbons (Fsp3) is 0.938. The number of carbonyl (C=O) groups excluding carboxylic acids is 1. The Labute approximate surface area is 124 Å². The maximum Gasteiger partial charge on any atom is 0.228 e. The third-order valence-corrected chi connectivity index (χ3v) is 4.63. The van der Waals surface area contributed by atoms with Crippen molar-refractivity contribution in [1.29, 1.82) is 0 Å². The third-order valence-electron chi connectivity index (χ3n) is 4.63. The minimum atomic E-state index is -0.274. The molecule has 2 unspecified atom stereocenters. The molecule has 2 atom stereocenters. The van der Waals surface area contributed by atoms with Gasteiger partial charge < -0.3 is 15.1 Å². The van der Waals surface area contributed by atoms with Gasteiger partial charge in [0.25, 0.3) is 0 Å². The van der Waals surface area contributed by atoms with Crippen molar-refractivity contribution >= 4 is 5.91 Å². The summed E-state index contributed by atoms with van der Waals surface area (Å²) in [5.41, 5.74) is -0.274. The zero-order chi connectivity index (χ0) is 15.3. The standard InChI is InChI=1S/C16H33N3O/c1-7-19(13(2)12-18(5)6)15(20)16(3,4)14-9-8-10-17-11-14/h13-14,17H,7-12H2,1-6H3. The van der Waals surface area contributed by atoms with Crippen LogP contribution in [-0.2, 0) is 4.79 Å². The molecule has 0 bridgehead atoms. The number of amides is 1. The smallest absolute Gasteiger partial charge is 0.228 e. The number of likely N-dealkylation sites (N-methyl/N-ethyl adjacent to an activating group) is 2. The highest BCUT2D eigenvalue weighted by Crippen LogP contribution is 2.34. The Morgan fingerprint density at radius 1 is 1.40 bits per heavy atom. The largest absolute Gasteiger partial charge is 0.339 e. The molecule has 1 aliphatic rings. The van der Waals surface area contributed by atoms with Crippen LogP contribution in [0.2, 0.25) is 0 Å². The summed E-state index contributed by atoms with van der Waals surface area (Å²) in [6.07, 6.45) is 2.34. The summed E-state index contributed by atoms with van der Waals surface area (Å²) in [6.45, 7) is 12.2. The quantitative estimate of drug-likeness (QED) is 0.807. The molecule has 4 heteroatoms. The Bertz CT molecular complexity index is 309. The molecule has 0 saturated carbocycles. The molecule has 1 saturated heterocycles. The normalized spacial score (nSPS) is 21.9. The van der Waals surface area contributed by atoms with E-state index in [9.17, 15) is 4.79 Å². The van der Waals surface area contributed by atoms with Crippen molar-refractivity contribution in [3.05, 3.63) is 0 Å². The second-order valence-corrected chi connectivity index (χ2v) is 6.97. The van der Waals surface area contributed by atoms with Crippen molar-refractivity contribution in [1.82, 2.24) is 15.1 Å². The van der Waals surface area contributed by atoms with Gasteiger partial charge in [-0.1, -0.05) is 13.8 Å². The average Bonchev–Trinajstić information content (AvgIpc) is 2.39. The molecule has 0 aromatic rings. The van der Waals surface area contributed by atoms with E-state index < -0.39 is 0 Å². The first-order valence-electron chi connectivity index (χ1n) is 7.97. The van der Waals surface area contributed by atoms with Crippen LogP contribution in [0.15, 0.2) is 0 Å². The van der Waals surface area contributed by atoms with Gasteiger partial charge in [-0.3, -0.25) is 4.79 Å². The molecule has 1 rings (SSSR count). The summed E-state index contributed by atoms with van der Waals surface area (Å²) in [5.74, 6) is 0.757. The zero-order valence-electron chi connectivity index (χ0n) is 14.2. The molecule has 20 heavy (non-hydrogen) atoms. The van der Waals surface area contributed by atoms with E-state index in [1.165, 1.54) is 6.42 Å². The second kappa shape index (κ2) is 7.41. The molecule has 1 N–H and O–H groups in total. The van der Waals surface area contributed by atoms with Gasteiger partial charge in [0.05, 0.1) is 0 Å². The number of rotatable bonds is 6. The summed E-state index contributed by atoms with van der Waals surface area (Å²) in [4.78, 5) is 17.2. The van der Waals surface area contributed by atoms with E-state index in [0.717, 1.165) is 32.6 Å². The molecular formula is C16H33N3O. The summed E-state index contributed by atoms with van der Waals surface area (Å²) in [6, 6.07) is 0.262. The van der Waals surface area contributed by atoms with E-state index in [1.54, 1.807) is 0 Å². The monoisotopic (exact) mass is 283 g/mol. The SMILES string of the molecule is CCN(C(=O)C(C)(C)C1CCCNC1)C(C)CN(C)C. The van der Waals surface area contributed by atoms with Crippen molar-refractivity contribution in [2.75, 3.05) is 40.3 Å². The van der Waals surface area contributed by atoms with Crippen molar-refractivity contribution in [2.24, 2.45) is 11.3 Å². The summed E-state index contributed by atoms with van der Waals surface area (Å²) in [5, 5.41) is 3.44.